The number of hydrogen-bond acceptors (Lipinski definition) is 4. The van der Waals surface area contributed by atoms with Crippen LogP contribution in [0.25, 0.3) is 0 Å². The standard InChI is InChI=1S/C10H15N3O/c1-2-11-3-7(1)9-6-14-10(13-9)8-4-12-5-8/h6-8,11-12H,1-5H2. The second kappa shape index (κ2) is 3.37. The fourth-order valence-electron chi connectivity index (χ4n) is 2.05. The Kier molecular flexibility index (Phi) is 2.03. The van der Waals surface area contributed by atoms with Crippen molar-refractivity contribution in [2.24, 2.45) is 0 Å². The first-order valence-corrected chi connectivity index (χ1v) is 5.30. The molecule has 3 rings (SSSR count). The number of aromatic nitrogens is 1. The summed E-state index contributed by atoms with van der Waals surface area (Å²) in [6.07, 6.45) is 3.03. The SMILES string of the molecule is c1oc(C2CNC2)nc1C1CCNC1. The van der Waals surface area contributed by atoms with Gasteiger partial charge >= 0.3 is 0 Å². The van der Waals surface area contributed by atoms with Gasteiger partial charge in [-0.25, -0.2) is 4.98 Å². The lowest BCUT2D eigenvalue weighted by Crippen LogP contribution is -2.40. The molecule has 0 spiro atoms. The third kappa shape index (κ3) is 1.35. The minimum absolute atomic E-state index is 0.512. The molecular weight excluding hydrogens is 178 g/mol. The summed E-state index contributed by atoms with van der Waals surface area (Å²) < 4.78 is 5.50. The fourth-order valence-corrected chi connectivity index (χ4v) is 2.05. The molecule has 1 aromatic rings. The molecule has 0 radical (unpaired) electrons. The molecule has 1 aromatic heterocycles. The Balaban J connectivity index is 1.75. The van der Waals surface area contributed by atoms with Crippen LogP contribution in [0.2, 0.25) is 0 Å². The molecule has 0 aromatic carbocycles. The Bertz CT molecular complexity index is 313. The third-order valence-electron chi connectivity index (χ3n) is 3.15. The summed E-state index contributed by atoms with van der Waals surface area (Å²) in [5, 5.41) is 6.57. The molecule has 2 N–H and O–H groups in total. The summed E-state index contributed by atoms with van der Waals surface area (Å²) >= 11 is 0. The predicted molar refractivity (Wildman–Crippen MR) is 52.3 cm³/mol. The van der Waals surface area contributed by atoms with Gasteiger partial charge in [-0.3, -0.25) is 0 Å². The van der Waals surface area contributed by atoms with Crippen LogP contribution in [0.3, 0.4) is 0 Å². The van der Waals surface area contributed by atoms with Crippen molar-refractivity contribution in [2.75, 3.05) is 26.2 Å². The average molecular weight is 193 g/mol. The smallest absolute Gasteiger partial charge is 0.199 e. The molecule has 4 heteroatoms. The van der Waals surface area contributed by atoms with E-state index in [1.165, 1.54) is 6.42 Å². The lowest BCUT2D eigenvalue weighted by Gasteiger charge is -2.23. The van der Waals surface area contributed by atoms with Gasteiger partial charge in [0.05, 0.1) is 11.6 Å². The number of nitrogens with zero attached hydrogens (tertiary/aromatic N) is 1. The monoisotopic (exact) mass is 193 g/mol. The van der Waals surface area contributed by atoms with Crippen LogP contribution < -0.4 is 10.6 Å². The maximum atomic E-state index is 5.50. The van der Waals surface area contributed by atoms with Crippen molar-refractivity contribution in [3.63, 3.8) is 0 Å². The molecule has 14 heavy (non-hydrogen) atoms. The molecule has 2 aliphatic rings. The average Bonchev–Trinajstić information content (AvgIpc) is 2.65. The van der Waals surface area contributed by atoms with Crippen LogP contribution in [0.1, 0.15) is 29.8 Å². The van der Waals surface area contributed by atoms with Gasteiger partial charge in [-0.1, -0.05) is 0 Å². The first-order valence-electron chi connectivity index (χ1n) is 5.30. The Labute approximate surface area is 83.1 Å². The topological polar surface area (TPSA) is 50.1 Å². The molecule has 0 amide bonds. The van der Waals surface area contributed by atoms with E-state index in [9.17, 15) is 0 Å². The van der Waals surface area contributed by atoms with Crippen molar-refractivity contribution in [2.45, 2.75) is 18.3 Å². The summed E-state index contributed by atoms with van der Waals surface area (Å²) in [5.74, 6) is 2.00. The number of oxazole rings is 1. The van der Waals surface area contributed by atoms with Crippen molar-refractivity contribution in [3.05, 3.63) is 17.8 Å². The van der Waals surface area contributed by atoms with Gasteiger partial charge in [-0.05, 0) is 13.0 Å². The van der Waals surface area contributed by atoms with Crippen LogP contribution in [-0.4, -0.2) is 31.2 Å². The molecule has 2 saturated heterocycles. The van der Waals surface area contributed by atoms with Gasteiger partial charge < -0.3 is 15.1 Å². The van der Waals surface area contributed by atoms with Crippen molar-refractivity contribution in [1.82, 2.24) is 15.6 Å². The Morgan fingerprint density at radius 2 is 2.07 bits per heavy atom. The Hall–Kier alpha value is -0.870. The molecule has 1 atom stereocenters. The zero-order chi connectivity index (χ0) is 9.38. The Morgan fingerprint density at radius 1 is 1.21 bits per heavy atom. The van der Waals surface area contributed by atoms with E-state index in [1.54, 1.807) is 0 Å². The van der Waals surface area contributed by atoms with Crippen LogP contribution >= 0.6 is 0 Å². The van der Waals surface area contributed by atoms with Gasteiger partial charge in [0.2, 0.25) is 0 Å². The highest BCUT2D eigenvalue weighted by Crippen LogP contribution is 2.25. The van der Waals surface area contributed by atoms with Gasteiger partial charge in [0, 0.05) is 25.6 Å². The quantitative estimate of drug-likeness (QED) is 0.715. The molecule has 0 saturated carbocycles. The highest BCUT2D eigenvalue weighted by molar-refractivity contribution is 5.11. The Morgan fingerprint density at radius 3 is 2.71 bits per heavy atom. The molecule has 76 valence electrons. The maximum Gasteiger partial charge on any atom is 0.199 e. The molecule has 2 aliphatic heterocycles. The summed E-state index contributed by atoms with van der Waals surface area (Å²) in [7, 11) is 0. The summed E-state index contributed by atoms with van der Waals surface area (Å²) in [4.78, 5) is 4.57. The maximum absolute atomic E-state index is 5.50. The van der Waals surface area contributed by atoms with Gasteiger partial charge in [0.25, 0.3) is 0 Å². The van der Waals surface area contributed by atoms with Gasteiger partial charge in [0.1, 0.15) is 6.26 Å². The molecule has 4 nitrogen and oxygen atoms in total. The van der Waals surface area contributed by atoms with Crippen molar-refractivity contribution in [1.29, 1.82) is 0 Å². The summed E-state index contributed by atoms with van der Waals surface area (Å²) in [6, 6.07) is 0. The number of nitrogens with one attached hydrogen (secondary N) is 2. The normalized spacial score (nSPS) is 27.9. The van der Waals surface area contributed by atoms with Gasteiger partial charge in [-0.2, -0.15) is 0 Å². The lowest BCUT2D eigenvalue weighted by molar-refractivity contribution is 0.357. The first kappa shape index (κ1) is 8.44. The predicted octanol–water partition coefficient (Wildman–Crippen LogP) is 0.438. The van der Waals surface area contributed by atoms with E-state index in [-0.39, 0.29) is 0 Å². The highest BCUT2D eigenvalue weighted by atomic mass is 16.3. The van der Waals surface area contributed by atoms with Gasteiger partial charge in [-0.15, -0.1) is 0 Å². The minimum Gasteiger partial charge on any atom is -0.448 e. The zero-order valence-corrected chi connectivity index (χ0v) is 8.12. The molecular formula is C10H15N3O. The fraction of sp³-hybridized carbons (Fsp3) is 0.700. The van der Waals surface area contributed by atoms with Crippen molar-refractivity contribution < 1.29 is 4.42 Å². The second-order valence-corrected chi connectivity index (χ2v) is 4.16. The largest absolute Gasteiger partial charge is 0.448 e. The van der Waals surface area contributed by atoms with Crippen LogP contribution in [0, 0.1) is 0 Å². The van der Waals surface area contributed by atoms with E-state index in [2.05, 4.69) is 15.6 Å². The molecule has 3 heterocycles. The van der Waals surface area contributed by atoms with E-state index in [0.717, 1.165) is 37.8 Å². The zero-order valence-electron chi connectivity index (χ0n) is 8.12. The number of hydrogen-bond donors (Lipinski definition) is 2. The molecule has 0 bridgehead atoms. The second-order valence-electron chi connectivity index (χ2n) is 4.16. The van der Waals surface area contributed by atoms with E-state index in [1.807, 2.05) is 6.26 Å². The van der Waals surface area contributed by atoms with Crippen LogP contribution in [0.5, 0.6) is 0 Å². The van der Waals surface area contributed by atoms with Crippen molar-refractivity contribution >= 4 is 0 Å². The van der Waals surface area contributed by atoms with Crippen LogP contribution in [0.15, 0.2) is 10.7 Å². The number of rotatable bonds is 2. The lowest BCUT2D eigenvalue weighted by atomic mass is 10.0. The van der Waals surface area contributed by atoms with E-state index in [4.69, 9.17) is 4.42 Å². The van der Waals surface area contributed by atoms with Gasteiger partial charge in [0.15, 0.2) is 5.89 Å². The van der Waals surface area contributed by atoms with E-state index >= 15 is 0 Å². The third-order valence-corrected chi connectivity index (χ3v) is 3.15. The summed E-state index contributed by atoms with van der Waals surface area (Å²) in [5.41, 5.74) is 1.14. The van der Waals surface area contributed by atoms with Crippen molar-refractivity contribution in [3.8, 4) is 0 Å². The highest BCUT2D eigenvalue weighted by Gasteiger charge is 2.26. The molecule has 2 fully saturated rings. The van der Waals surface area contributed by atoms with E-state index < -0.39 is 0 Å². The summed E-state index contributed by atoms with van der Waals surface area (Å²) in [6.45, 7) is 4.19. The van der Waals surface area contributed by atoms with Crippen LogP contribution in [0.4, 0.5) is 0 Å². The molecule has 0 aliphatic carbocycles. The molecule has 1 unspecified atom stereocenters. The van der Waals surface area contributed by atoms with E-state index in [0.29, 0.717) is 11.8 Å². The van der Waals surface area contributed by atoms with Crippen LogP contribution in [-0.2, 0) is 0 Å². The minimum atomic E-state index is 0.512. The first-order chi connectivity index (χ1) is 6.93.